The maximum atomic E-state index is 9.17. The van der Waals surface area contributed by atoms with Crippen molar-refractivity contribution in [1.29, 1.82) is 0 Å². The van der Waals surface area contributed by atoms with Gasteiger partial charge < -0.3 is 9.59 Å². The molecule has 1 rings (SSSR count). The van der Waals surface area contributed by atoms with Crippen LogP contribution in [0.15, 0.2) is 18.3 Å². The van der Waals surface area contributed by atoms with Crippen LogP contribution in [-0.2, 0) is 9.59 Å². The first-order valence-corrected chi connectivity index (χ1v) is 4.32. The van der Waals surface area contributed by atoms with Crippen LogP contribution < -0.4 is 0 Å². The molecule has 14 heavy (non-hydrogen) atoms. The van der Waals surface area contributed by atoms with Gasteiger partial charge in [0.25, 0.3) is 0 Å². The molecule has 3 heteroatoms. The van der Waals surface area contributed by atoms with E-state index in [1.807, 2.05) is 39.8 Å². The van der Waals surface area contributed by atoms with Gasteiger partial charge in [-0.25, -0.2) is 0 Å². The Morgan fingerprint density at radius 3 is 2.07 bits per heavy atom. The Hall–Kier alpha value is -1.51. The summed E-state index contributed by atoms with van der Waals surface area (Å²) in [6.07, 6.45) is 3.38. The van der Waals surface area contributed by atoms with Crippen LogP contribution in [0.4, 0.5) is 0 Å². The van der Waals surface area contributed by atoms with E-state index in [4.69, 9.17) is 4.79 Å². The van der Waals surface area contributed by atoms with Gasteiger partial charge in [-0.15, -0.1) is 0 Å². The summed E-state index contributed by atoms with van der Waals surface area (Å²) in [6, 6.07) is 4.07. The van der Waals surface area contributed by atoms with E-state index in [2.05, 4.69) is 11.1 Å². The molecule has 0 aliphatic rings. The highest BCUT2D eigenvalue weighted by atomic mass is 16.1. The molecule has 0 aliphatic heterocycles. The quantitative estimate of drug-likeness (QED) is 0.645. The van der Waals surface area contributed by atoms with Crippen LogP contribution in [0.5, 0.6) is 0 Å². The van der Waals surface area contributed by atoms with Crippen LogP contribution in [0.1, 0.15) is 24.6 Å². The molecule has 1 heterocycles. The van der Waals surface area contributed by atoms with Gasteiger partial charge >= 0.3 is 0 Å². The Labute approximate surface area is 85.2 Å². The first kappa shape index (κ1) is 15.0. The predicted octanol–water partition coefficient (Wildman–Crippen LogP) is 2.11. The summed E-state index contributed by atoms with van der Waals surface area (Å²) in [5.41, 5.74) is 2.30. The lowest BCUT2D eigenvalue weighted by Gasteiger charge is -1.89. The average molecular weight is 195 g/mol. The largest absolute Gasteiger partial charge is 0.307 e. The summed E-state index contributed by atoms with van der Waals surface area (Å²) >= 11 is 0. The van der Waals surface area contributed by atoms with E-state index >= 15 is 0 Å². The van der Waals surface area contributed by atoms with E-state index in [0.29, 0.717) is 6.42 Å². The molecule has 0 radical (unpaired) electrons. The maximum Gasteiger partial charge on any atom is 0.119 e. The minimum absolute atomic E-state index is 0.639. The molecule has 0 N–H and O–H groups in total. The Morgan fingerprint density at radius 2 is 1.86 bits per heavy atom. The lowest BCUT2D eigenvalue weighted by Crippen LogP contribution is -1.78. The van der Waals surface area contributed by atoms with Gasteiger partial charge in [-0.2, -0.15) is 0 Å². The van der Waals surface area contributed by atoms with Gasteiger partial charge in [-0.05, 0) is 25.5 Å². The van der Waals surface area contributed by atoms with Crippen molar-refractivity contribution >= 4 is 13.1 Å². The van der Waals surface area contributed by atoms with E-state index in [9.17, 15) is 4.79 Å². The number of hydrogen-bond donors (Lipinski definition) is 0. The fraction of sp³-hybridized carbons (Fsp3) is 0.364. The van der Waals surface area contributed by atoms with Crippen molar-refractivity contribution in [2.75, 3.05) is 0 Å². The monoisotopic (exact) mass is 195 g/mol. The van der Waals surface area contributed by atoms with Gasteiger partial charge in [0.1, 0.15) is 13.1 Å². The van der Waals surface area contributed by atoms with Crippen molar-refractivity contribution in [2.45, 2.75) is 27.2 Å². The van der Waals surface area contributed by atoms with Crippen molar-refractivity contribution in [1.82, 2.24) is 4.98 Å². The third kappa shape index (κ3) is 10.5. The molecule has 0 atom stereocenters. The number of carbonyl (C=O) groups excluding carboxylic acids is 2. The van der Waals surface area contributed by atoms with E-state index < -0.39 is 0 Å². The molecule has 0 spiro atoms. The minimum atomic E-state index is 0.639. The summed E-state index contributed by atoms with van der Waals surface area (Å²) in [4.78, 5) is 21.3. The molecule has 78 valence electrons. The van der Waals surface area contributed by atoms with Gasteiger partial charge in [0.15, 0.2) is 0 Å². The molecule has 0 unspecified atom stereocenters. The number of carbonyl (C=O) groups is 2. The van der Waals surface area contributed by atoms with E-state index in [1.165, 1.54) is 5.56 Å². The number of hydrogen-bond acceptors (Lipinski definition) is 3. The smallest absolute Gasteiger partial charge is 0.119 e. The van der Waals surface area contributed by atoms with Crippen molar-refractivity contribution < 1.29 is 9.59 Å². The predicted molar refractivity (Wildman–Crippen MR) is 57.2 cm³/mol. The lowest BCUT2D eigenvalue weighted by atomic mass is 10.3. The summed E-state index contributed by atoms with van der Waals surface area (Å²) < 4.78 is 0. The van der Waals surface area contributed by atoms with Crippen molar-refractivity contribution in [3.63, 3.8) is 0 Å². The topological polar surface area (TPSA) is 47.0 Å². The first-order valence-electron chi connectivity index (χ1n) is 4.32. The number of rotatable bonds is 1. The number of aromatic nitrogens is 1. The van der Waals surface area contributed by atoms with Gasteiger partial charge in [0.05, 0.1) is 0 Å². The summed E-state index contributed by atoms with van der Waals surface area (Å²) in [7, 11) is 0. The SMILES string of the molecule is C=O.CCC=O.Cc1ccc(C)nc1. The second-order valence-corrected chi connectivity index (χ2v) is 2.55. The molecule has 1 aromatic rings. The van der Waals surface area contributed by atoms with E-state index in [0.717, 1.165) is 12.0 Å². The number of pyridine rings is 1. The van der Waals surface area contributed by atoms with Crippen molar-refractivity contribution in [2.24, 2.45) is 0 Å². The summed E-state index contributed by atoms with van der Waals surface area (Å²) in [6.45, 7) is 7.83. The highest BCUT2D eigenvalue weighted by Crippen LogP contribution is 1.94. The molecule has 0 amide bonds. The molecule has 0 aromatic carbocycles. The highest BCUT2D eigenvalue weighted by Gasteiger charge is 1.81. The maximum absolute atomic E-state index is 9.17. The standard InChI is InChI=1S/C7H9N.C3H6O.CH2O/c1-6-3-4-7(2)8-5-6;1-2-3-4;1-2/h3-5H,1-2H3;3H,2H2,1H3;1H2. The van der Waals surface area contributed by atoms with Crippen LogP contribution in [0, 0.1) is 13.8 Å². The molecule has 0 bridgehead atoms. The zero-order valence-corrected chi connectivity index (χ0v) is 8.99. The van der Waals surface area contributed by atoms with Gasteiger partial charge in [0, 0.05) is 18.3 Å². The van der Waals surface area contributed by atoms with Crippen LogP contribution in [-0.4, -0.2) is 18.1 Å². The lowest BCUT2D eigenvalue weighted by molar-refractivity contribution is -0.107. The molecule has 3 nitrogen and oxygen atoms in total. The molecule has 0 saturated heterocycles. The second-order valence-electron chi connectivity index (χ2n) is 2.55. The molecule has 0 aliphatic carbocycles. The Morgan fingerprint density at radius 1 is 1.36 bits per heavy atom. The minimum Gasteiger partial charge on any atom is -0.307 e. The Balaban J connectivity index is 0. The highest BCUT2D eigenvalue weighted by molar-refractivity contribution is 5.48. The zero-order chi connectivity index (χ0) is 11.4. The Bertz CT molecular complexity index is 211. The van der Waals surface area contributed by atoms with Crippen LogP contribution in [0.25, 0.3) is 0 Å². The number of aryl methyl sites for hydroxylation is 2. The Kier molecular flexibility index (Phi) is 12.3. The van der Waals surface area contributed by atoms with Gasteiger partial charge in [-0.1, -0.05) is 13.0 Å². The summed E-state index contributed by atoms with van der Waals surface area (Å²) in [5.74, 6) is 0. The fourth-order valence-electron chi connectivity index (χ4n) is 0.542. The third-order valence-electron chi connectivity index (χ3n) is 1.23. The third-order valence-corrected chi connectivity index (χ3v) is 1.23. The van der Waals surface area contributed by atoms with E-state index in [1.54, 1.807) is 0 Å². The van der Waals surface area contributed by atoms with Gasteiger partial charge in [0.2, 0.25) is 0 Å². The molecule has 0 fully saturated rings. The molecule has 0 saturated carbocycles. The van der Waals surface area contributed by atoms with Gasteiger partial charge in [-0.3, -0.25) is 4.98 Å². The summed E-state index contributed by atoms with van der Waals surface area (Å²) in [5, 5.41) is 0. The van der Waals surface area contributed by atoms with Crippen LogP contribution in [0.2, 0.25) is 0 Å². The zero-order valence-electron chi connectivity index (χ0n) is 8.99. The average Bonchev–Trinajstić information content (AvgIpc) is 2.26. The van der Waals surface area contributed by atoms with Crippen LogP contribution in [0.3, 0.4) is 0 Å². The van der Waals surface area contributed by atoms with E-state index in [-0.39, 0.29) is 0 Å². The van der Waals surface area contributed by atoms with Crippen molar-refractivity contribution in [3.8, 4) is 0 Å². The second kappa shape index (κ2) is 11.5. The number of aldehydes is 1. The fourth-order valence-corrected chi connectivity index (χ4v) is 0.542. The molecular weight excluding hydrogens is 178 g/mol. The van der Waals surface area contributed by atoms with Crippen molar-refractivity contribution in [3.05, 3.63) is 29.6 Å². The van der Waals surface area contributed by atoms with Crippen LogP contribution >= 0.6 is 0 Å². The molecule has 1 aromatic heterocycles. The normalized spacial score (nSPS) is 7.36. The number of nitrogens with zero attached hydrogens (tertiary/aromatic N) is 1. The molecular formula is C11H17NO2. The first-order chi connectivity index (χ1) is 6.70.